The van der Waals surface area contributed by atoms with E-state index in [0.717, 1.165) is 12.1 Å². The van der Waals surface area contributed by atoms with Gasteiger partial charge in [-0.2, -0.15) is 13.2 Å². The first kappa shape index (κ1) is 24.0. The number of aliphatic hydroxyl groups excluding tert-OH is 1. The number of aliphatic hydroxyl groups is 1. The van der Waals surface area contributed by atoms with Gasteiger partial charge in [-0.3, -0.25) is 9.79 Å². The maximum atomic E-state index is 14.1. The van der Waals surface area contributed by atoms with Crippen molar-refractivity contribution in [3.8, 4) is 17.4 Å². The van der Waals surface area contributed by atoms with Crippen LogP contribution in [-0.4, -0.2) is 48.0 Å². The fraction of sp³-hybridized carbons (Fsp3) is 0.316. The smallest absolute Gasteiger partial charge is 0.450 e. The van der Waals surface area contributed by atoms with Crippen molar-refractivity contribution in [1.29, 1.82) is 0 Å². The molecule has 0 saturated heterocycles. The normalized spacial score (nSPS) is 13.1. The maximum absolute atomic E-state index is 14.1. The molecule has 0 saturated carbocycles. The molecule has 1 aromatic heterocycles. The first-order chi connectivity index (χ1) is 14.5. The molecule has 0 amide bonds. The number of halogens is 4. The zero-order valence-electron chi connectivity index (χ0n) is 16.3. The summed E-state index contributed by atoms with van der Waals surface area (Å²) in [7, 11) is 1.26. The molecule has 0 aliphatic rings. The zero-order chi connectivity index (χ0) is 23.2. The Morgan fingerprint density at radius 1 is 1.32 bits per heavy atom. The Labute approximate surface area is 173 Å². The van der Waals surface area contributed by atoms with Crippen LogP contribution in [0, 0.1) is 12.7 Å². The van der Waals surface area contributed by atoms with Gasteiger partial charge in [0.25, 0.3) is 5.88 Å². The highest BCUT2D eigenvalue weighted by Gasteiger charge is 2.37. The molecule has 0 bridgehead atoms. The summed E-state index contributed by atoms with van der Waals surface area (Å²) in [6.07, 6.45) is -6.58. The number of benzene rings is 1. The number of carbonyl (C=O) groups is 1. The van der Waals surface area contributed by atoms with Crippen LogP contribution in [0.3, 0.4) is 0 Å². The van der Waals surface area contributed by atoms with Gasteiger partial charge >= 0.3 is 6.18 Å². The Bertz CT molecular complexity index is 965. The Kier molecular flexibility index (Phi) is 7.89. The van der Waals surface area contributed by atoms with E-state index in [2.05, 4.69) is 14.7 Å². The van der Waals surface area contributed by atoms with Crippen LogP contribution in [0.25, 0.3) is 0 Å². The minimum atomic E-state index is -5.20. The lowest BCUT2D eigenvalue weighted by Gasteiger charge is -2.15. The van der Waals surface area contributed by atoms with Gasteiger partial charge < -0.3 is 24.4 Å². The summed E-state index contributed by atoms with van der Waals surface area (Å²) in [5, 5.41) is 21.1. The summed E-state index contributed by atoms with van der Waals surface area (Å²) in [4.78, 5) is 18.1. The number of carbonyl (C=O) groups excluding carboxylic acids is 1. The van der Waals surface area contributed by atoms with E-state index in [-0.39, 0.29) is 29.5 Å². The third-order valence-corrected chi connectivity index (χ3v) is 3.71. The number of ether oxygens (including phenoxy) is 3. The predicted molar refractivity (Wildman–Crippen MR) is 96.7 cm³/mol. The number of aromatic nitrogens is 1. The van der Waals surface area contributed by atoms with Crippen molar-refractivity contribution in [3.63, 3.8) is 0 Å². The van der Waals surface area contributed by atoms with E-state index in [9.17, 15) is 32.6 Å². The van der Waals surface area contributed by atoms with Crippen LogP contribution in [0.4, 0.5) is 23.2 Å². The molecule has 0 aliphatic heterocycles. The molecule has 0 aliphatic carbocycles. The molecule has 1 unspecified atom stereocenters. The molecule has 168 valence electrons. The van der Waals surface area contributed by atoms with Gasteiger partial charge in [-0.15, -0.1) is 0 Å². The molecule has 1 N–H and O–H groups in total. The van der Waals surface area contributed by atoms with Gasteiger partial charge in [-0.1, -0.05) is 0 Å². The van der Waals surface area contributed by atoms with E-state index >= 15 is 0 Å². The number of aryl methyl sites for hydroxylation is 1. The highest BCUT2D eigenvalue weighted by molar-refractivity contribution is 5.99. The predicted octanol–water partition coefficient (Wildman–Crippen LogP) is 2.58. The van der Waals surface area contributed by atoms with Crippen molar-refractivity contribution >= 4 is 17.4 Å². The van der Waals surface area contributed by atoms with Gasteiger partial charge in [0.15, 0.2) is 12.0 Å². The molecule has 2 aromatic rings. The van der Waals surface area contributed by atoms with Gasteiger partial charge in [0, 0.05) is 25.8 Å². The number of alkyl halides is 3. The van der Waals surface area contributed by atoms with Crippen molar-refractivity contribution in [2.24, 2.45) is 4.99 Å². The topological polar surface area (TPSA) is 113 Å². The fourth-order valence-electron chi connectivity index (χ4n) is 2.15. The van der Waals surface area contributed by atoms with Crippen molar-refractivity contribution in [1.82, 2.24) is 4.98 Å². The third-order valence-electron chi connectivity index (χ3n) is 3.71. The molecule has 1 heterocycles. The number of ketones is 1. The number of hydrogen-bond acceptors (Lipinski definition) is 8. The Hall–Kier alpha value is -3.25. The largest absolute Gasteiger partial charge is 0.861 e. The molecule has 2 rings (SSSR count). The number of Topliss-reactive ketones (excluding diaryl/α,β-unsaturated/α-hetero) is 1. The first-order valence-corrected chi connectivity index (χ1v) is 8.62. The quantitative estimate of drug-likeness (QED) is 0.273. The second kappa shape index (κ2) is 10.2. The maximum Gasteiger partial charge on any atom is 0.450 e. The van der Waals surface area contributed by atoms with Crippen molar-refractivity contribution in [2.75, 3.05) is 13.7 Å². The Morgan fingerprint density at radius 3 is 2.68 bits per heavy atom. The van der Waals surface area contributed by atoms with Crippen LogP contribution in [0.5, 0.6) is 17.4 Å². The monoisotopic (exact) mass is 445 g/mol. The number of pyridine rings is 1. The van der Waals surface area contributed by atoms with Crippen LogP contribution in [-0.2, 0) is 9.53 Å². The van der Waals surface area contributed by atoms with Gasteiger partial charge in [-0.25, -0.2) is 9.37 Å². The van der Waals surface area contributed by atoms with Gasteiger partial charge in [0.1, 0.15) is 23.9 Å². The number of methoxy groups -OCH3 is 1. The molecule has 31 heavy (non-hydrogen) atoms. The lowest BCUT2D eigenvalue weighted by Crippen LogP contribution is -2.30. The highest BCUT2D eigenvalue weighted by Crippen LogP contribution is 2.35. The molecule has 1 aromatic carbocycles. The second-order valence-corrected chi connectivity index (χ2v) is 6.08. The molecular formula is C19H17F4N2O6-. The average molecular weight is 445 g/mol. The van der Waals surface area contributed by atoms with Crippen LogP contribution >= 0.6 is 0 Å². The molecule has 1 atom stereocenters. The lowest BCUT2D eigenvalue weighted by atomic mass is 10.2. The highest BCUT2D eigenvalue weighted by atomic mass is 19.4. The lowest BCUT2D eigenvalue weighted by molar-refractivity contribution is -0.220. The van der Waals surface area contributed by atoms with Crippen LogP contribution in [0.15, 0.2) is 35.5 Å². The fourth-order valence-corrected chi connectivity index (χ4v) is 2.15. The van der Waals surface area contributed by atoms with E-state index in [4.69, 9.17) is 9.47 Å². The number of rotatable bonds is 9. The molecule has 0 radical (unpaired) electrons. The van der Waals surface area contributed by atoms with Gasteiger partial charge in [0.2, 0.25) is 5.78 Å². The molecule has 0 fully saturated rings. The third kappa shape index (κ3) is 6.89. The van der Waals surface area contributed by atoms with Crippen LogP contribution in [0.1, 0.15) is 12.0 Å². The minimum Gasteiger partial charge on any atom is -0.861 e. The SMILES string of the molecule is COC(O)COc1ncccc1Oc1cc(N=C([O-])CC(=O)C(F)(F)F)c(F)cc1C. The van der Waals surface area contributed by atoms with E-state index in [1.165, 1.54) is 32.4 Å². The summed E-state index contributed by atoms with van der Waals surface area (Å²) < 4.78 is 66.5. The van der Waals surface area contributed by atoms with E-state index in [1.807, 2.05) is 0 Å². The first-order valence-electron chi connectivity index (χ1n) is 8.62. The minimum absolute atomic E-state index is 0.000220. The standard InChI is InChI=1S/C19H18F4N2O6/c1-10-6-11(20)12(25-16(27)8-15(26)19(21,22)23)7-14(10)31-13-4-3-5-24-18(13)30-9-17(28)29-2/h3-7,17,28H,8-9H2,1-2H3,(H,25,27)/p-1. The van der Waals surface area contributed by atoms with Gasteiger partial charge in [0.05, 0.1) is 0 Å². The van der Waals surface area contributed by atoms with E-state index in [1.54, 1.807) is 0 Å². The average Bonchev–Trinajstić information content (AvgIpc) is 2.69. The van der Waals surface area contributed by atoms with E-state index < -0.39 is 42.1 Å². The zero-order valence-corrected chi connectivity index (χ0v) is 16.3. The van der Waals surface area contributed by atoms with Crippen LogP contribution < -0.4 is 14.6 Å². The van der Waals surface area contributed by atoms with E-state index in [0.29, 0.717) is 0 Å². The summed E-state index contributed by atoms with van der Waals surface area (Å²) in [6.45, 7) is 1.21. The Morgan fingerprint density at radius 2 is 2.03 bits per heavy atom. The van der Waals surface area contributed by atoms with Gasteiger partial charge in [-0.05, 0) is 36.6 Å². The molecule has 0 spiro atoms. The summed E-state index contributed by atoms with van der Waals surface area (Å²) in [6, 6.07) is 4.90. The molecule has 8 nitrogen and oxygen atoms in total. The second-order valence-electron chi connectivity index (χ2n) is 6.08. The summed E-state index contributed by atoms with van der Waals surface area (Å²) in [5.41, 5.74) is -0.344. The van der Waals surface area contributed by atoms with Crippen LogP contribution in [0.2, 0.25) is 0 Å². The number of nitrogens with zero attached hydrogens (tertiary/aromatic N) is 2. The Balaban J connectivity index is 2.28. The van der Waals surface area contributed by atoms with Crippen molar-refractivity contribution in [2.45, 2.75) is 25.8 Å². The summed E-state index contributed by atoms with van der Waals surface area (Å²) >= 11 is 0. The van der Waals surface area contributed by atoms with Crippen molar-refractivity contribution in [3.05, 3.63) is 41.8 Å². The number of aliphatic imine (C=N–C) groups is 1. The molecular weight excluding hydrogens is 428 g/mol. The molecule has 12 heteroatoms. The number of hydrogen-bond donors (Lipinski definition) is 1. The summed E-state index contributed by atoms with van der Waals surface area (Å²) in [5.74, 6) is -4.72. The van der Waals surface area contributed by atoms with Crippen molar-refractivity contribution < 1.29 is 46.8 Å².